The monoisotopic (exact) mass is 445 g/mol. The molecule has 1 aromatic heterocycles. The van der Waals surface area contributed by atoms with E-state index in [4.69, 9.17) is 9.47 Å². The minimum atomic E-state index is -1.65. The Balaban J connectivity index is 1.82. The summed E-state index contributed by atoms with van der Waals surface area (Å²) in [4.78, 5) is 29.3. The van der Waals surface area contributed by atoms with Crippen molar-refractivity contribution < 1.29 is 19.4 Å². The fraction of sp³-hybridized carbons (Fsp3) is 0.500. The first-order valence-electron chi connectivity index (χ1n) is 10.5. The molecule has 0 aliphatic carbocycles. The number of rotatable bonds is 6. The van der Waals surface area contributed by atoms with Crippen molar-refractivity contribution in [2.45, 2.75) is 63.4 Å². The number of carbonyl (C=O) groups is 1. The second-order valence-electron chi connectivity index (χ2n) is 9.14. The highest BCUT2D eigenvalue weighted by molar-refractivity contribution is 6.58. The summed E-state index contributed by atoms with van der Waals surface area (Å²) in [6.45, 7) is 10.2. The van der Waals surface area contributed by atoms with Crippen molar-refractivity contribution in [3.05, 3.63) is 58.6 Å². The van der Waals surface area contributed by atoms with Crippen molar-refractivity contribution in [1.29, 1.82) is 0 Å². The Morgan fingerprint density at radius 3 is 2.58 bits per heavy atom. The Labute approximate surface area is 183 Å². The third-order valence-electron chi connectivity index (χ3n) is 5.36. The number of aromatic nitrogens is 2. The fourth-order valence-corrected chi connectivity index (χ4v) is 5.55. The van der Waals surface area contributed by atoms with E-state index in [0.717, 1.165) is 0 Å². The van der Waals surface area contributed by atoms with Crippen LogP contribution < -0.4 is 11.0 Å². The van der Waals surface area contributed by atoms with Gasteiger partial charge in [-0.2, -0.15) is 4.98 Å². The molecule has 1 aliphatic heterocycles. The van der Waals surface area contributed by atoms with E-state index >= 15 is 0 Å². The average molecular weight is 446 g/mol. The van der Waals surface area contributed by atoms with Crippen LogP contribution in [-0.2, 0) is 14.8 Å². The van der Waals surface area contributed by atoms with Crippen molar-refractivity contribution >= 4 is 20.5 Å². The molecule has 0 spiro atoms. The van der Waals surface area contributed by atoms with Gasteiger partial charge >= 0.3 is 5.69 Å². The van der Waals surface area contributed by atoms with Crippen molar-refractivity contribution in [1.82, 2.24) is 9.55 Å². The second kappa shape index (κ2) is 9.03. The van der Waals surface area contributed by atoms with Crippen LogP contribution in [0.25, 0.3) is 0 Å². The molecule has 0 saturated carbocycles. The number of amides is 1. The lowest BCUT2D eigenvalue weighted by atomic mass is 10.1. The summed E-state index contributed by atoms with van der Waals surface area (Å²) >= 11 is 0. The number of anilines is 1. The molecule has 0 radical (unpaired) electrons. The molecule has 8 nitrogen and oxygen atoms in total. The summed E-state index contributed by atoms with van der Waals surface area (Å²) in [5.74, 6) is -0.174. The van der Waals surface area contributed by atoms with E-state index in [2.05, 4.69) is 23.4 Å². The Bertz CT molecular complexity index is 973. The van der Waals surface area contributed by atoms with Gasteiger partial charge in [-0.05, 0) is 39.0 Å². The van der Waals surface area contributed by atoms with Crippen LogP contribution in [0.3, 0.4) is 0 Å². The van der Waals surface area contributed by atoms with Gasteiger partial charge in [-0.3, -0.25) is 9.36 Å². The third-order valence-corrected chi connectivity index (χ3v) is 7.81. The van der Waals surface area contributed by atoms with Crippen LogP contribution in [0, 0.1) is 0 Å². The predicted octanol–water partition coefficient (Wildman–Crippen LogP) is 2.14. The molecule has 0 bridgehead atoms. The zero-order valence-electron chi connectivity index (χ0n) is 18.7. The van der Waals surface area contributed by atoms with Gasteiger partial charge in [0.1, 0.15) is 17.3 Å². The van der Waals surface area contributed by atoms with Crippen LogP contribution in [-0.4, -0.2) is 53.8 Å². The number of nitrogens with one attached hydrogen (secondary N) is 1. The number of aliphatic hydroxyl groups is 1. The highest BCUT2D eigenvalue weighted by Crippen LogP contribution is 2.37. The lowest BCUT2D eigenvalue weighted by molar-refractivity contribution is -0.114. The van der Waals surface area contributed by atoms with E-state index in [9.17, 15) is 14.7 Å². The topological polar surface area (TPSA) is 103 Å². The Kier molecular flexibility index (Phi) is 6.80. The van der Waals surface area contributed by atoms with Crippen LogP contribution >= 0.6 is 0 Å². The maximum Gasteiger partial charge on any atom is 0.351 e. The highest BCUT2D eigenvalue weighted by Gasteiger charge is 2.50. The van der Waals surface area contributed by atoms with Gasteiger partial charge in [-0.15, -0.1) is 0 Å². The minimum absolute atomic E-state index is 0.168. The van der Waals surface area contributed by atoms with E-state index < -0.39 is 32.0 Å². The number of aliphatic hydroxyl groups excluding tert-OH is 1. The summed E-state index contributed by atoms with van der Waals surface area (Å²) < 4.78 is 13.6. The summed E-state index contributed by atoms with van der Waals surface area (Å²) in [6.07, 6.45) is 0.606. The van der Waals surface area contributed by atoms with Crippen LogP contribution in [0.1, 0.15) is 37.6 Å². The first-order chi connectivity index (χ1) is 14.5. The first-order valence-corrected chi connectivity index (χ1v) is 13.4. The molecule has 2 heterocycles. The van der Waals surface area contributed by atoms with Gasteiger partial charge < -0.3 is 19.9 Å². The Morgan fingerprint density at radius 2 is 2.00 bits per heavy atom. The van der Waals surface area contributed by atoms with Crippen molar-refractivity contribution in [3.63, 3.8) is 0 Å². The van der Waals surface area contributed by atoms with E-state index in [1.54, 1.807) is 36.5 Å². The van der Waals surface area contributed by atoms with Gasteiger partial charge in [0.15, 0.2) is 0 Å². The Morgan fingerprint density at radius 1 is 1.32 bits per heavy atom. The molecule has 1 aliphatic rings. The predicted molar refractivity (Wildman–Crippen MR) is 121 cm³/mol. The van der Waals surface area contributed by atoms with Gasteiger partial charge in [0.05, 0.1) is 27.1 Å². The largest absolute Gasteiger partial charge is 0.390 e. The summed E-state index contributed by atoms with van der Waals surface area (Å²) in [5, 5.41) is 12.4. The number of ether oxygens (including phenoxy) is 2. The van der Waals surface area contributed by atoms with E-state index in [1.165, 1.54) is 4.57 Å². The second-order valence-corrected chi connectivity index (χ2v) is 12.3. The standard InChI is InChI=1S/C22H31N3O5Si/c1-21(2,3)29-14-17-16(26)13-22(30-17,31(4)5)25-12-11-18(24-20(25)28)23-19(27)15-9-7-6-8-10-15/h6-12,16-17,26,31H,13-14H2,1-5H3,(H,23,24,27,28)/t16-,17+,22-/m0/s1. The van der Waals surface area contributed by atoms with Crippen LogP contribution in [0.5, 0.6) is 0 Å². The molecule has 0 unspecified atom stereocenters. The molecular weight excluding hydrogens is 414 g/mol. The van der Waals surface area contributed by atoms with Gasteiger partial charge in [0, 0.05) is 18.2 Å². The maximum atomic E-state index is 12.9. The normalized spacial score (nSPS) is 23.8. The molecule has 3 atom stereocenters. The van der Waals surface area contributed by atoms with Crippen molar-refractivity contribution in [3.8, 4) is 0 Å². The zero-order valence-corrected chi connectivity index (χ0v) is 19.8. The highest BCUT2D eigenvalue weighted by atomic mass is 28.3. The van der Waals surface area contributed by atoms with Gasteiger partial charge in [0.25, 0.3) is 5.91 Å². The SMILES string of the molecule is C[SiH](C)[C@]1(n2ccc(NC(=O)c3ccccc3)nc2=O)C[C@H](O)[C@@H](COC(C)(C)C)O1. The molecule has 9 heteroatoms. The zero-order chi connectivity index (χ0) is 22.8. The van der Waals surface area contributed by atoms with Gasteiger partial charge in [-0.25, -0.2) is 4.79 Å². The van der Waals surface area contributed by atoms with Crippen molar-refractivity contribution in [2.24, 2.45) is 0 Å². The number of carbonyl (C=O) groups excluding carboxylic acids is 1. The van der Waals surface area contributed by atoms with Crippen LogP contribution in [0.4, 0.5) is 5.82 Å². The van der Waals surface area contributed by atoms with Gasteiger partial charge in [-0.1, -0.05) is 31.3 Å². The number of hydrogen-bond donors (Lipinski definition) is 2. The molecule has 168 valence electrons. The third kappa shape index (κ3) is 5.30. The molecule has 3 rings (SSSR count). The molecule has 2 aromatic rings. The lowest BCUT2D eigenvalue weighted by Crippen LogP contribution is -2.51. The lowest BCUT2D eigenvalue weighted by Gasteiger charge is -2.34. The maximum absolute atomic E-state index is 12.9. The van der Waals surface area contributed by atoms with Gasteiger partial charge in [0.2, 0.25) is 0 Å². The average Bonchev–Trinajstić information content (AvgIpc) is 3.04. The molecule has 31 heavy (non-hydrogen) atoms. The molecule has 2 N–H and O–H groups in total. The van der Waals surface area contributed by atoms with Crippen LogP contribution in [0.2, 0.25) is 13.1 Å². The Hall–Kier alpha value is -2.33. The molecule has 1 aromatic carbocycles. The summed E-state index contributed by atoms with van der Waals surface area (Å²) in [6, 6.07) is 10.3. The number of nitrogens with zero attached hydrogens (tertiary/aromatic N) is 2. The quantitative estimate of drug-likeness (QED) is 0.661. The van der Waals surface area contributed by atoms with E-state index in [-0.39, 0.29) is 23.9 Å². The van der Waals surface area contributed by atoms with E-state index in [1.807, 2.05) is 26.8 Å². The smallest absolute Gasteiger partial charge is 0.351 e. The molecule has 1 saturated heterocycles. The number of hydrogen-bond acceptors (Lipinski definition) is 6. The minimum Gasteiger partial charge on any atom is -0.390 e. The fourth-order valence-electron chi connectivity index (χ4n) is 3.64. The van der Waals surface area contributed by atoms with Crippen LogP contribution in [0.15, 0.2) is 47.4 Å². The molecular formula is C22H31N3O5Si. The molecule has 1 fully saturated rings. The first kappa shape index (κ1) is 23.3. The summed E-state index contributed by atoms with van der Waals surface area (Å²) in [5.41, 5.74) is -0.416. The van der Waals surface area contributed by atoms with E-state index in [0.29, 0.717) is 12.0 Å². The summed E-state index contributed by atoms with van der Waals surface area (Å²) in [7, 11) is -1.65. The number of benzene rings is 1. The molecule has 1 amide bonds. The van der Waals surface area contributed by atoms with Crippen molar-refractivity contribution in [2.75, 3.05) is 11.9 Å².